The Morgan fingerprint density at radius 1 is 0.333 bits per heavy atom. The largest absolute Gasteiger partial charge is 0.472 e. The lowest BCUT2D eigenvalue weighted by molar-refractivity contribution is -0.161. The lowest BCUT2D eigenvalue weighted by Crippen LogP contribution is -2.30. The smallest absolute Gasteiger partial charge is 0.462 e. The summed E-state index contributed by atoms with van der Waals surface area (Å²) in [6.45, 7) is 9.49. The number of carbonyl (C=O) groups is 4. The molecular weight excluding hydrogens is 1150 g/mol. The summed E-state index contributed by atoms with van der Waals surface area (Å²) in [4.78, 5) is 72.2. The molecule has 3 unspecified atom stereocenters. The van der Waals surface area contributed by atoms with Crippen LogP contribution in [0.15, 0.2) is 0 Å². The highest BCUT2D eigenvalue weighted by atomic mass is 31.2. The van der Waals surface area contributed by atoms with E-state index in [0.29, 0.717) is 25.7 Å². The van der Waals surface area contributed by atoms with Gasteiger partial charge in [0.1, 0.15) is 19.3 Å². The van der Waals surface area contributed by atoms with E-state index < -0.39 is 97.5 Å². The van der Waals surface area contributed by atoms with Gasteiger partial charge in [-0.3, -0.25) is 37.3 Å². The molecule has 0 radical (unpaired) electrons. The molecule has 17 nitrogen and oxygen atoms in total. The van der Waals surface area contributed by atoms with E-state index in [-0.39, 0.29) is 25.7 Å². The normalized spacial score (nSPS) is 14.5. The minimum Gasteiger partial charge on any atom is -0.462 e. The fraction of sp³-hybridized carbons (Fsp3) is 0.941. The SMILES string of the molecule is CCCCCCCCCCCCCC(=O)O[C@H](COC(=O)CCCCCCC)COP(=O)(O)OC[C@H](O)COP(=O)(O)OC[C@@H](COC(=O)CCCCCCCCCCCCC(C)C)OC(=O)CCCCCCCCCCCCCCCCC(C)CC. The van der Waals surface area contributed by atoms with E-state index in [1.54, 1.807) is 0 Å². The number of phosphoric acid groups is 2. The Balaban J connectivity index is 5.16. The molecule has 0 aliphatic rings. The van der Waals surface area contributed by atoms with E-state index >= 15 is 0 Å². The van der Waals surface area contributed by atoms with Crippen molar-refractivity contribution in [3.8, 4) is 0 Å². The zero-order valence-electron chi connectivity index (χ0n) is 56.3. The molecule has 87 heavy (non-hydrogen) atoms. The van der Waals surface area contributed by atoms with Gasteiger partial charge >= 0.3 is 39.5 Å². The number of carbonyl (C=O) groups excluding carboxylic acids is 4. The minimum absolute atomic E-state index is 0.106. The summed E-state index contributed by atoms with van der Waals surface area (Å²) < 4.78 is 68.0. The number of aliphatic hydroxyl groups excluding tert-OH is 1. The quantitative estimate of drug-likeness (QED) is 0.0222. The van der Waals surface area contributed by atoms with Crippen molar-refractivity contribution in [3.05, 3.63) is 0 Å². The van der Waals surface area contributed by atoms with Gasteiger partial charge in [0.15, 0.2) is 12.2 Å². The van der Waals surface area contributed by atoms with Crippen molar-refractivity contribution in [1.29, 1.82) is 0 Å². The highest BCUT2D eigenvalue weighted by molar-refractivity contribution is 7.47. The van der Waals surface area contributed by atoms with Crippen LogP contribution in [0.25, 0.3) is 0 Å². The molecule has 0 aliphatic heterocycles. The maximum absolute atomic E-state index is 13.0. The Kier molecular flexibility index (Phi) is 59.0. The van der Waals surface area contributed by atoms with Crippen molar-refractivity contribution in [2.75, 3.05) is 39.6 Å². The molecule has 3 N–H and O–H groups in total. The molecule has 0 aromatic rings. The lowest BCUT2D eigenvalue weighted by atomic mass is 9.99. The molecule has 0 saturated carbocycles. The van der Waals surface area contributed by atoms with Gasteiger partial charge in [-0.15, -0.1) is 0 Å². The van der Waals surface area contributed by atoms with Crippen LogP contribution < -0.4 is 0 Å². The number of rotatable bonds is 67. The molecule has 0 heterocycles. The maximum Gasteiger partial charge on any atom is 0.472 e. The Hall–Kier alpha value is -1.94. The molecule has 0 aliphatic carbocycles. The fourth-order valence-corrected chi connectivity index (χ4v) is 11.8. The summed E-state index contributed by atoms with van der Waals surface area (Å²) in [5, 5.41) is 10.5. The van der Waals surface area contributed by atoms with Crippen molar-refractivity contribution >= 4 is 39.5 Å². The van der Waals surface area contributed by atoms with Gasteiger partial charge in [0.25, 0.3) is 0 Å². The van der Waals surface area contributed by atoms with Gasteiger partial charge < -0.3 is 33.8 Å². The van der Waals surface area contributed by atoms with Crippen LogP contribution >= 0.6 is 15.6 Å². The Bertz CT molecular complexity index is 1700. The first-order valence-electron chi connectivity index (χ1n) is 35.5. The Labute approximate surface area is 530 Å². The fourth-order valence-electron chi connectivity index (χ4n) is 10.2. The van der Waals surface area contributed by atoms with Crippen molar-refractivity contribution in [3.63, 3.8) is 0 Å². The average Bonchev–Trinajstić information content (AvgIpc) is 3.59. The summed E-state index contributed by atoms with van der Waals surface area (Å²) >= 11 is 0. The molecule has 0 aromatic carbocycles. The summed E-state index contributed by atoms with van der Waals surface area (Å²) in [5.74, 6) is -0.533. The molecule has 0 amide bonds. The molecule has 19 heteroatoms. The van der Waals surface area contributed by atoms with Crippen LogP contribution in [-0.4, -0.2) is 96.7 Å². The standard InChI is InChI=1S/C68H132O17P2/c1-7-10-12-14-15-16-21-29-34-40-46-52-67(72)84-63(56-78-65(70)50-44-36-13-11-8-2)58-82-86(74,75)80-54-62(69)55-81-87(76,77)83-59-64(57-79-66(71)51-45-39-33-28-25-24-26-31-37-42-48-60(4)5)85-68(73)53-47-41-35-30-23-20-18-17-19-22-27-32-38-43-49-61(6)9-3/h60-64,69H,7-59H2,1-6H3,(H,74,75)(H,76,77)/t61?,62-,63+,64+/m0/s1. The van der Waals surface area contributed by atoms with Crippen LogP contribution in [0.1, 0.15) is 343 Å². The molecule has 6 atom stereocenters. The summed E-state index contributed by atoms with van der Waals surface area (Å²) in [6.07, 6.45) is 44.7. The van der Waals surface area contributed by atoms with E-state index in [1.165, 1.54) is 154 Å². The highest BCUT2D eigenvalue weighted by Gasteiger charge is 2.30. The van der Waals surface area contributed by atoms with Crippen LogP contribution in [0.3, 0.4) is 0 Å². The molecule has 516 valence electrons. The summed E-state index contributed by atoms with van der Waals surface area (Å²) in [6, 6.07) is 0. The van der Waals surface area contributed by atoms with Gasteiger partial charge in [-0.25, -0.2) is 9.13 Å². The van der Waals surface area contributed by atoms with E-state index in [0.717, 1.165) is 108 Å². The number of phosphoric ester groups is 2. The van der Waals surface area contributed by atoms with Crippen LogP contribution in [0.4, 0.5) is 0 Å². The van der Waals surface area contributed by atoms with E-state index in [2.05, 4.69) is 41.5 Å². The Morgan fingerprint density at radius 3 is 0.874 bits per heavy atom. The van der Waals surface area contributed by atoms with E-state index in [1.807, 2.05) is 0 Å². The lowest BCUT2D eigenvalue weighted by Gasteiger charge is -2.21. The second-order valence-electron chi connectivity index (χ2n) is 25.3. The molecule has 0 fully saturated rings. The van der Waals surface area contributed by atoms with Gasteiger partial charge in [0, 0.05) is 25.7 Å². The zero-order valence-corrected chi connectivity index (χ0v) is 58.1. The van der Waals surface area contributed by atoms with Gasteiger partial charge in [-0.2, -0.15) is 0 Å². The van der Waals surface area contributed by atoms with Crippen molar-refractivity contribution in [2.45, 2.75) is 362 Å². The monoisotopic (exact) mass is 1280 g/mol. The second-order valence-corrected chi connectivity index (χ2v) is 28.2. The number of esters is 4. The molecular formula is C68H132O17P2. The van der Waals surface area contributed by atoms with E-state index in [9.17, 15) is 43.2 Å². The number of hydrogen-bond acceptors (Lipinski definition) is 15. The molecule has 0 rings (SSSR count). The van der Waals surface area contributed by atoms with Crippen molar-refractivity contribution in [2.24, 2.45) is 11.8 Å². The third-order valence-electron chi connectivity index (χ3n) is 16.1. The number of hydrogen-bond donors (Lipinski definition) is 3. The van der Waals surface area contributed by atoms with Gasteiger partial charge in [-0.1, -0.05) is 292 Å². The first-order chi connectivity index (χ1) is 41.9. The molecule has 0 saturated heterocycles. The second kappa shape index (κ2) is 60.3. The van der Waals surface area contributed by atoms with E-state index in [4.69, 9.17) is 37.0 Å². The predicted molar refractivity (Wildman–Crippen MR) is 349 cm³/mol. The highest BCUT2D eigenvalue weighted by Crippen LogP contribution is 2.45. The first kappa shape index (κ1) is 85.1. The number of ether oxygens (including phenoxy) is 4. The van der Waals surface area contributed by atoms with Crippen molar-refractivity contribution < 1.29 is 80.2 Å². The van der Waals surface area contributed by atoms with Gasteiger partial charge in [0.05, 0.1) is 26.4 Å². The summed E-state index contributed by atoms with van der Waals surface area (Å²) in [5.41, 5.74) is 0. The predicted octanol–water partition coefficient (Wildman–Crippen LogP) is 19.2. The average molecular weight is 1280 g/mol. The zero-order chi connectivity index (χ0) is 64.3. The van der Waals surface area contributed by atoms with Gasteiger partial charge in [-0.05, 0) is 37.5 Å². The summed E-state index contributed by atoms with van der Waals surface area (Å²) in [7, 11) is -9.89. The van der Waals surface area contributed by atoms with Gasteiger partial charge in [0.2, 0.25) is 0 Å². The third-order valence-corrected chi connectivity index (χ3v) is 18.0. The van der Waals surface area contributed by atoms with Crippen molar-refractivity contribution in [1.82, 2.24) is 0 Å². The number of aliphatic hydroxyl groups is 1. The van der Waals surface area contributed by atoms with Crippen LogP contribution in [-0.2, 0) is 65.4 Å². The first-order valence-corrected chi connectivity index (χ1v) is 38.5. The number of unbranched alkanes of at least 4 members (excludes halogenated alkanes) is 36. The maximum atomic E-state index is 13.0. The molecule has 0 aromatic heterocycles. The minimum atomic E-state index is -4.95. The molecule has 0 spiro atoms. The third kappa shape index (κ3) is 61.3. The topological polar surface area (TPSA) is 237 Å². The molecule has 0 bridgehead atoms. The Morgan fingerprint density at radius 2 is 0.586 bits per heavy atom. The van der Waals surface area contributed by atoms with Crippen LogP contribution in [0.2, 0.25) is 0 Å². The van der Waals surface area contributed by atoms with Crippen LogP contribution in [0.5, 0.6) is 0 Å². The van der Waals surface area contributed by atoms with Crippen LogP contribution in [0, 0.1) is 11.8 Å².